The summed E-state index contributed by atoms with van der Waals surface area (Å²) in [6.07, 6.45) is 1.76. The highest BCUT2D eigenvalue weighted by Gasteiger charge is 2.27. The third-order valence-corrected chi connectivity index (χ3v) is 6.59. The van der Waals surface area contributed by atoms with Crippen LogP contribution in [0.1, 0.15) is 10.4 Å². The van der Waals surface area contributed by atoms with Crippen molar-refractivity contribution in [1.82, 2.24) is 19.8 Å². The van der Waals surface area contributed by atoms with E-state index in [1.54, 1.807) is 23.2 Å². The Morgan fingerprint density at radius 1 is 0.912 bits per heavy atom. The van der Waals surface area contributed by atoms with Gasteiger partial charge in [-0.1, -0.05) is 12.1 Å². The zero-order valence-electron chi connectivity index (χ0n) is 19.1. The lowest BCUT2D eigenvalue weighted by molar-refractivity contribution is -0.384. The SMILES string of the molecule is CN1CCN(c2ccc(C(=O)N3CCN(c4cnc5ccccc5n4)CC3)cc2[N+](=O)[O-])CC1. The standard InChI is InChI=1S/C24H27N7O3/c1-27-8-10-28(11-9-27)21-7-6-18(16-22(21)31(33)34)24(32)30-14-12-29(13-15-30)23-17-25-19-4-2-3-5-20(19)26-23/h2-7,16-17H,8-15H2,1H3. The molecule has 10 heteroatoms. The van der Waals surface area contributed by atoms with Gasteiger partial charge in [-0.05, 0) is 31.3 Å². The first-order valence-electron chi connectivity index (χ1n) is 11.5. The lowest BCUT2D eigenvalue weighted by Gasteiger charge is -2.35. The smallest absolute Gasteiger partial charge is 0.293 e. The number of nitrogens with zero attached hydrogens (tertiary/aromatic N) is 7. The molecular weight excluding hydrogens is 434 g/mol. The summed E-state index contributed by atoms with van der Waals surface area (Å²) >= 11 is 0. The van der Waals surface area contributed by atoms with Gasteiger partial charge in [0.25, 0.3) is 11.6 Å². The number of piperazine rings is 2. The Morgan fingerprint density at radius 3 is 2.29 bits per heavy atom. The lowest BCUT2D eigenvalue weighted by atomic mass is 10.1. The van der Waals surface area contributed by atoms with Crippen LogP contribution < -0.4 is 9.80 Å². The number of rotatable bonds is 4. The van der Waals surface area contributed by atoms with E-state index in [9.17, 15) is 14.9 Å². The van der Waals surface area contributed by atoms with Crippen molar-refractivity contribution in [1.29, 1.82) is 0 Å². The maximum atomic E-state index is 13.2. The molecule has 2 fully saturated rings. The molecule has 176 valence electrons. The van der Waals surface area contributed by atoms with Gasteiger partial charge in [0, 0.05) is 64.0 Å². The molecule has 34 heavy (non-hydrogen) atoms. The second-order valence-electron chi connectivity index (χ2n) is 8.75. The second-order valence-corrected chi connectivity index (χ2v) is 8.75. The summed E-state index contributed by atoms with van der Waals surface area (Å²) in [6.45, 7) is 5.44. The first-order valence-corrected chi connectivity index (χ1v) is 11.5. The molecule has 3 heterocycles. The number of carbonyl (C=O) groups excluding carboxylic acids is 1. The Hall–Kier alpha value is -3.79. The first kappa shape index (κ1) is 22.0. The van der Waals surface area contributed by atoms with E-state index in [-0.39, 0.29) is 16.5 Å². The average molecular weight is 462 g/mol. The maximum Gasteiger partial charge on any atom is 0.293 e. The van der Waals surface area contributed by atoms with Gasteiger partial charge in [0.1, 0.15) is 11.5 Å². The van der Waals surface area contributed by atoms with E-state index in [0.717, 1.165) is 43.0 Å². The number of carbonyl (C=O) groups is 1. The van der Waals surface area contributed by atoms with Crippen molar-refractivity contribution in [2.45, 2.75) is 0 Å². The Bertz CT molecular complexity index is 1220. The normalized spacial score (nSPS) is 17.3. The molecule has 2 aromatic carbocycles. The van der Waals surface area contributed by atoms with Gasteiger partial charge < -0.3 is 19.6 Å². The van der Waals surface area contributed by atoms with Crippen molar-refractivity contribution in [2.75, 3.05) is 69.2 Å². The number of hydrogen-bond donors (Lipinski definition) is 0. The summed E-state index contributed by atoms with van der Waals surface area (Å²) in [5, 5.41) is 11.8. The number of amides is 1. The number of likely N-dealkylation sites (N-methyl/N-ethyl adjacent to an activating group) is 1. The third-order valence-electron chi connectivity index (χ3n) is 6.59. The predicted molar refractivity (Wildman–Crippen MR) is 130 cm³/mol. The fourth-order valence-corrected chi connectivity index (χ4v) is 4.54. The highest BCUT2D eigenvalue weighted by Crippen LogP contribution is 2.30. The summed E-state index contributed by atoms with van der Waals surface area (Å²) in [6, 6.07) is 12.6. The number of benzene rings is 2. The lowest BCUT2D eigenvalue weighted by Crippen LogP contribution is -2.49. The number of hydrogen-bond acceptors (Lipinski definition) is 8. The molecule has 0 radical (unpaired) electrons. The molecule has 10 nitrogen and oxygen atoms in total. The van der Waals surface area contributed by atoms with E-state index in [1.807, 2.05) is 36.2 Å². The van der Waals surface area contributed by atoms with Crippen LogP contribution in [0.3, 0.4) is 0 Å². The molecular formula is C24H27N7O3. The third kappa shape index (κ3) is 4.36. The summed E-state index contributed by atoms with van der Waals surface area (Å²) in [5.41, 5.74) is 2.60. The van der Waals surface area contributed by atoms with Crippen molar-refractivity contribution >= 4 is 34.1 Å². The molecule has 0 bridgehead atoms. The molecule has 0 N–H and O–H groups in total. The summed E-state index contributed by atoms with van der Waals surface area (Å²) in [4.78, 5) is 41.8. The van der Waals surface area contributed by atoms with Crippen LogP contribution in [0.4, 0.5) is 17.2 Å². The van der Waals surface area contributed by atoms with Gasteiger partial charge >= 0.3 is 0 Å². The van der Waals surface area contributed by atoms with E-state index in [1.165, 1.54) is 6.07 Å². The largest absolute Gasteiger partial charge is 0.363 e. The molecule has 0 aliphatic carbocycles. The van der Waals surface area contributed by atoms with Crippen LogP contribution in [0.25, 0.3) is 11.0 Å². The molecule has 3 aromatic rings. The van der Waals surface area contributed by atoms with Crippen LogP contribution in [0, 0.1) is 10.1 Å². The number of anilines is 2. The molecule has 2 saturated heterocycles. The van der Waals surface area contributed by atoms with Gasteiger partial charge in [-0.3, -0.25) is 19.9 Å². The molecule has 0 saturated carbocycles. The van der Waals surface area contributed by atoms with E-state index >= 15 is 0 Å². The Balaban J connectivity index is 1.28. The fraction of sp³-hybridized carbons (Fsp3) is 0.375. The highest BCUT2D eigenvalue weighted by molar-refractivity contribution is 5.96. The van der Waals surface area contributed by atoms with Crippen LogP contribution in [0.2, 0.25) is 0 Å². The van der Waals surface area contributed by atoms with Gasteiger partial charge in [-0.15, -0.1) is 0 Å². The number of aromatic nitrogens is 2. The van der Waals surface area contributed by atoms with Crippen LogP contribution in [-0.2, 0) is 0 Å². The van der Waals surface area contributed by atoms with Crippen LogP contribution >= 0.6 is 0 Å². The fourth-order valence-electron chi connectivity index (χ4n) is 4.54. The van der Waals surface area contributed by atoms with Crippen molar-refractivity contribution in [2.24, 2.45) is 0 Å². The van der Waals surface area contributed by atoms with Gasteiger partial charge in [0.05, 0.1) is 22.2 Å². The first-order chi connectivity index (χ1) is 16.5. The molecule has 1 amide bonds. The van der Waals surface area contributed by atoms with Crippen LogP contribution in [-0.4, -0.2) is 90.0 Å². The maximum absolute atomic E-state index is 13.2. The van der Waals surface area contributed by atoms with Crippen molar-refractivity contribution < 1.29 is 9.72 Å². The monoisotopic (exact) mass is 461 g/mol. The van der Waals surface area contributed by atoms with E-state index < -0.39 is 0 Å². The minimum Gasteiger partial charge on any atom is -0.363 e. The van der Waals surface area contributed by atoms with Gasteiger partial charge in [-0.25, -0.2) is 4.98 Å². The summed E-state index contributed by atoms with van der Waals surface area (Å²) < 4.78 is 0. The quantitative estimate of drug-likeness (QED) is 0.431. The number of fused-ring (bicyclic) bond motifs is 1. The minimum atomic E-state index is -0.388. The average Bonchev–Trinajstić information content (AvgIpc) is 2.88. The van der Waals surface area contributed by atoms with Gasteiger partial charge in [-0.2, -0.15) is 0 Å². The molecule has 1 aromatic heterocycles. The summed E-state index contributed by atoms with van der Waals surface area (Å²) in [7, 11) is 2.04. The van der Waals surface area contributed by atoms with Crippen molar-refractivity contribution in [3.8, 4) is 0 Å². The molecule has 5 rings (SSSR count). The van der Waals surface area contributed by atoms with E-state index in [4.69, 9.17) is 4.98 Å². The van der Waals surface area contributed by atoms with Gasteiger partial charge in [0.2, 0.25) is 0 Å². The molecule has 0 atom stereocenters. The second kappa shape index (κ2) is 9.22. The van der Waals surface area contributed by atoms with Crippen molar-refractivity contribution in [3.05, 3.63) is 64.3 Å². The molecule has 2 aliphatic heterocycles. The predicted octanol–water partition coefficient (Wildman–Crippen LogP) is 2.25. The number of para-hydroxylation sites is 2. The van der Waals surface area contributed by atoms with Crippen molar-refractivity contribution in [3.63, 3.8) is 0 Å². The van der Waals surface area contributed by atoms with Crippen LogP contribution in [0.15, 0.2) is 48.7 Å². The van der Waals surface area contributed by atoms with Crippen LogP contribution in [0.5, 0.6) is 0 Å². The topological polar surface area (TPSA) is 99.0 Å². The Morgan fingerprint density at radius 2 is 1.59 bits per heavy atom. The van der Waals surface area contributed by atoms with Gasteiger partial charge in [0.15, 0.2) is 0 Å². The van der Waals surface area contributed by atoms with E-state index in [2.05, 4.69) is 14.8 Å². The minimum absolute atomic E-state index is 0.0134. The zero-order valence-corrected chi connectivity index (χ0v) is 19.1. The number of nitro groups is 1. The molecule has 0 spiro atoms. The highest BCUT2D eigenvalue weighted by atomic mass is 16.6. The zero-order chi connectivity index (χ0) is 23.7. The molecule has 2 aliphatic rings. The summed E-state index contributed by atoms with van der Waals surface area (Å²) in [5.74, 6) is 0.607. The Labute approximate surface area is 197 Å². The Kier molecular flexibility index (Phi) is 5.97. The van der Waals surface area contributed by atoms with E-state index in [0.29, 0.717) is 37.4 Å². The number of nitro benzene ring substituents is 1. The molecule has 0 unspecified atom stereocenters.